The Balaban J connectivity index is 1.56. The van der Waals surface area contributed by atoms with Gasteiger partial charge in [0.05, 0.1) is 4.90 Å². The molecule has 0 aromatic heterocycles. The maximum atomic E-state index is 12.4. The van der Waals surface area contributed by atoms with E-state index in [1.165, 1.54) is 0 Å². The summed E-state index contributed by atoms with van der Waals surface area (Å²) >= 11 is 0. The second-order valence-electron chi connectivity index (χ2n) is 6.07. The lowest BCUT2D eigenvalue weighted by molar-refractivity contribution is -0.122. The van der Waals surface area contributed by atoms with Gasteiger partial charge in [0.2, 0.25) is 15.9 Å². The van der Waals surface area contributed by atoms with Gasteiger partial charge in [-0.05, 0) is 49.8 Å². The zero-order chi connectivity index (χ0) is 15.6. The van der Waals surface area contributed by atoms with Gasteiger partial charge < -0.3 is 5.32 Å². The Labute approximate surface area is 131 Å². The predicted molar refractivity (Wildman–Crippen MR) is 83.9 cm³/mol. The van der Waals surface area contributed by atoms with Crippen LogP contribution in [0.5, 0.6) is 0 Å². The monoisotopic (exact) mass is 322 g/mol. The van der Waals surface area contributed by atoms with Crippen LogP contribution in [0.1, 0.15) is 31.2 Å². The number of nitrogens with one attached hydrogen (secondary N) is 1. The molecule has 1 aliphatic heterocycles. The quantitative estimate of drug-likeness (QED) is 0.864. The van der Waals surface area contributed by atoms with Gasteiger partial charge >= 0.3 is 0 Å². The lowest BCUT2D eigenvalue weighted by Gasteiger charge is -2.15. The molecule has 1 saturated carbocycles. The summed E-state index contributed by atoms with van der Waals surface area (Å²) in [4.78, 5) is 11.9. The van der Waals surface area contributed by atoms with Crippen LogP contribution in [-0.2, 0) is 21.2 Å². The Morgan fingerprint density at radius 1 is 1.14 bits per heavy atom. The molecule has 1 aliphatic carbocycles. The Morgan fingerprint density at radius 3 is 2.36 bits per heavy atom. The molecule has 1 aromatic carbocycles. The van der Waals surface area contributed by atoms with Gasteiger partial charge in [-0.1, -0.05) is 12.1 Å². The summed E-state index contributed by atoms with van der Waals surface area (Å²) in [6.07, 6.45) is 4.63. The van der Waals surface area contributed by atoms with Crippen LogP contribution in [0.3, 0.4) is 0 Å². The number of amides is 1. The Bertz CT molecular complexity index is 630. The van der Waals surface area contributed by atoms with Gasteiger partial charge in [-0.25, -0.2) is 8.42 Å². The fourth-order valence-electron chi connectivity index (χ4n) is 2.73. The SMILES string of the molecule is O=C(NCCc1ccc(S(=O)(=O)N2CCCC2)cc1)C1CC1. The highest BCUT2D eigenvalue weighted by atomic mass is 32.2. The number of rotatable bonds is 6. The van der Waals surface area contributed by atoms with Crippen molar-refractivity contribution in [3.8, 4) is 0 Å². The third-order valence-electron chi connectivity index (χ3n) is 4.29. The van der Waals surface area contributed by atoms with Crippen molar-refractivity contribution in [2.75, 3.05) is 19.6 Å². The van der Waals surface area contributed by atoms with E-state index in [-0.39, 0.29) is 11.8 Å². The first-order chi connectivity index (χ1) is 10.6. The molecular formula is C16H22N2O3S. The van der Waals surface area contributed by atoms with Crippen LogP contribution in [0.2, 0.25) is 0 Å². The Kier molecular flexibility index (Phi) is 4.49. The molecule has 120 valence electrons. The topological polar surface area (TPSA) is 66.5 Å². The number of sulfonamides is 1. The van der Waals surface area contributed by atoms with E-state index in [0.717, 1.165) is 37.7 Å². The van der Waals surface area contributed by atoms with Gasteiger partial charge in [0.15, 0.2) is 0 Å². The maximum Gasteiger partial charge on any atom is 0.243 e. The largest absolute Gasteiger partial charge is 0.356 e. The summed E-state index contributed by atoms with van der Waals surface area (Å²) in [6, 6.07) is 7.02. The molecule has 0 radical (unpaired) electrons. The van der Waals surface area contributed by atoms with Crippen LogP contribution in [0.4, 0.5) is 0 Å². The van der Waals surface area contributed by atoms with Crippen LogP contribution in [-0.4, -0.2) is 38.3 Å². The van der Waals surface area contributed by atoms with E-state index in [4.69, 9.17) is 0 Å². The zero-order valence-corrected chi connectivity index (χ0v) is 13.4. The first-order valence-corrected chi connectivity index (χ1v) is 9.38. The lowest BCUT2D eigenvalue weighted by atomic mass is 10.1. The molecule has 5 nitrogen and oxygen atoms in total. The highest BCUT2D eigenvalue weighted by Gasteiger charge is 2.29. The molecule has 22 heavy (non-hydrogen) atoms. The second-order valence-corrected chi connectivity index (χ2v) is 8.01. The van der Waals surface area contributed by atoms with Crippen molar-refractivity contribution in [2.45, 2.75) is 37.0 Å². The van der Waals surface area contributed by atoms with E-state index >= 15 is 0 Å². The average molecular weight is 322 g/mol. The van der Waals surface area contributed by atoms with E-state index in [2.05, 4.69) is 5.32 Å². The normalized spacial score (nSPS) is 19.3. The summed E-state index contributed by atoms with van der Waals surface area (Å²) in [6.45, 7) is 1.85. The number of carbonyl (C=O) groups is 1. The second kappa shape index (κ2) is 6.38. The minimum atomic E-state index is -3.33. The molecule has 1 heterocycles. The van der Waals surface area contributed by atoms with Crippen molar-refractivity contribution < 1.29 is 13.2 Å². The minimum absolute atomic E-state index is 0.147. The summed E-state index contributed by atoms with van der Waals surface area (Å²) in [7, 11) is -3.33. The first kappa shape index (κ1) is 15.5. The molecule has 2 aliphatic rings. The first-order valence-electron chi connectivity index (χ1n) is 7.94. The molecule has 1 aromatic rings. The van der Waals surface area contributed by atoms with Gasteiger partial charge in [0.25, 0.3) is 0 Å². The standard InChI is InChI=1S/C16H22N2O3S/c19-16(14-5-6-14)17-10-9-13-3-7-15(8-4-13)22(20,21)18-11-1-2-12-18/h3-4,7-8,14H,1-2,5-6,9-12H2,(H,17,19). The molecule has 0 bridgehead atoms. The van der Waals surface area contributed by atoms with E-state index < -0.39 is 10.0 Å². The van der Waals surface area contributed by atoms with Crippen molar-refractivity contribution >= 4 is 15.9 Å². The minimum Gasteiger partial charge on any atom is -0.356 e. The fourth-order valence-corrected chi connectivity index (χ4v) is 4.24. The van der Waals surface area contributed by atoms with Crippen molar-refractivity contribution in [3.05, 3.63) is 29.8 Å². The van der Waals surface area contributed by atoms with Gasteiger partial charge in [-0.15, -0.1) is 0 Å². The molecule has 0 atom stereocenters. The van der Waals surface area contributed by atoms with E-state index in [0.29, 0.717) is 24.5 Å². The van der Waals surface area contributed by atoms with E-state index in [1.54, 1.807) is 16.4 Å². The number of carbonyl (C=O) groups excluding carboxylic acids is 1. The van der Waals surface area contributed by atoms with Crippen molar-refractivity contribution in [1.29, 1.82) is 0 Å². The van der Waals surface area contributed by atoms with Crippen LogP contribution in [0, 0.1) is 5.92 Å². The molecule has 1 saturated heterocycles. The molecule has 2 fully saturated rings. The third-order valence-corrected chi connectivity index (χ3v) is 6.20. The molecule has 6 heteroatoms. The summed E-state index contributed by atoms with van der Waals surface area (Å²) in [5.41, 5.74) is 1.04. The van der Waals surface area contributed by atoms with Crippen LogP contribution in [0.15, 0.2) is 29.2 Å². The van der Waals surface area contributed by atoms with Crippen LogP contribution in [0.25, 0.3) is 0 Å². The molecule has 0 spiro atoms. The van der Waals surface area contributed by atoms with Gasteiger partial charge in [-0.3, -0.25) is 4.79 Å². The third kappa shape index (κ3) is 3.50. The highest BCUT2D eigenvalue weighted by Crippen LogP contribution is 2.28. The van der Waals surface area contributed by atoms with Crippen molar-refractivity contribution in [3.63, 3.8) is 0 Å². The van der Waals surface area contributed by atoms with Gasteiger partial charge in [-0.2, -0.15) is 4.31 Å². The smallest absolute Gasteiger partial charge is 0.243 e. The average Bonchev–Trinajstić information content (AvgIpc) is 3.21. The van der Waals surface area contributed by atoms with Crippen LogP contribution < -0.4 is 5.32 Å². The summed E-state index contributed by atoms with van der Waals surface area (Å²) in [5.74, 6) is 0.376. The number of benzene rings is 1. The fraction of sp³-hybridized carbons (Fsp3) is 0.562. The molecule has 1 amide bonds. The maximum absolute atomic E-state index is 12.4. The lowest BCUT2D eigenvalue weighted by Crippen LogP contribution is -2.28. The molecule has 0 unspecified atom stereocenters. The van der Waals surface area contributed by atoms with Gasteiger partial charge in [0, 0.05) is 25.6 Å². The summed E-state index contributed by atoms with van der Waals surface area (Å²) in [5, 5.41) is 2.92. The van der Waals surface area contributed by atoms with Gasteiger partial charge in [0.1, 0.15) is 0 Å². The summed E-state index contributed by atoms with van der Waals surface area (Å²) < 4.78 is 26.4. The predicted octanol–water partition coefficient (Wildman–Crippen LogP) is 1.54. The molecule has 3 rings (SSSR count). The number of hydrogen-bond donors (Lipinski definition) is 1. The molecular weight excluding hydrogens is 300 g/mol. The number of nitrogens with zero attached hydrogens (tertiary/aromatic N) is 1. The Hall–Kier alpha value is -1.40. The highest BCUT2D eigenvalue weighted by molar-refractivity contribution is 7.89. The zero-order valence-electron chi connectivity index (χ0n) is 12.6. The number of hydrogen-bond acceptors (Lipinski definition) is 3. The van der Waals surface area contributed by atoms with Crippen LogP contribution >= 0.6 is 0 Å². The Morgan fingerprint density at radius 2 is 1.77 bits per heavy atom. The van der Waals surface area contributed by atoms with Crippen molar-refractivity contribution in [1.82, 2.24) is 9.62 Å². The van der Waals surface area contributed by atoms with E-state index in [9.17, 15) is 13.2 Å². The van der Waals surface area contributed by atoms with E-state index in [1.807, 2.05) is 12.1 Å². The van der Waals surface area contributed by atoms with Crippen molar-refractivity contribution in [2.24, 2.45) is 5.92 Å². The molecule has 1 N–H and O–H groups in total.